The van der Waals surface area contributed by atoms with Crippen molar-refractivity contribution in [1.82, 2.24) is 0 Å². The van der Waals surface area contributed by atoms with E-state index in [1.165, 1.54) is 12.1 Å². The van der Waals surface area contributed by atoms with Crippen LogP contribution in [0.25, 0.3) is 0 Å². The van der Waals surface area contributed by atoms with Crippen molar-refractivity contribution in [3.05, 3.63) is 29.6 Å². The number of aliphatic hydroxyl groups is 1. The van der Waals surface area contributed by atoms with Gasteiger partial charge in [-0.3, -0.25) is 4.79 Å². The first-order valence-corrected chi connectivity index (χ1v) is 4.39. The lowest BCUT2D eigenvalue weighted by molar-refractivity contribution is 0.111. The Bertz CT molecular complexity index is 361. The van der Waals surface area contributed by atoms with Crippen LogP contribution in [0.1, 0.15) is 10.4 Å². The molecule has 1 heterocycles. The zero-order chi connectivity index (χ0) is 10.1. The highest BCUT2D eigenvalue weighted by atomic mass is 19.1. The van der Waals surface area contributed by atoms with Gasteiger partial charge in [0.05, 0.1) is 11.8 Å². The molecular weight excluding hydrogens is 185 g/mol. The van der Waals surface area contributed by atoms with E-state index in [1.807, 2.05) is 0 Å². The van der Waals surface area contributed by atoms with Crippen LogP contribution < -0.4 is 4.90 Å². The standard InChI is InChI=1S/C10H10FNO2/c11-9-3-1-2-7(6-13)10(9)12-4-8(14)5-12/h1-3,6,8,14H,4-5H2. The van der Waals surface area contributed by atoms with Crippen LogP contribution in [0.2, 0.25) is 0 Å². The average molecular weight is 195 g/mol. The van der Waals surface area contributed by atoms with E-state index in [0.29, 0.717) is 30.6 Å². The molecule has 1 aromatic rings. The summed E-state index contributed by atoms with van der Waals surface area (Å²) >= 11 is 0. The maximum atomic E-state index is 13.4. The fourth-order valence-corrected chi connectivity index (χ4v) is 1.60. The number of anilines is 1. The molecule has 1 aliphatic heterocycles. The highest BCUT2D eigenvalue weighted by Gasteiger charge is 2.28. The molecule has 3 nitrogen and oxygen atoms in total. The molecule has 1 fully saturated rings. The Labute approximate surface area is 80.8 Å². The zero-order valence-corrected chi connectivity index (χ0v) is 7.48. The lowest BCUT2D eigenvalue weighted by Crippen LogP contribution is -2.51. The number of rotatable bonds is 2. The number of aldehydes is 1. The maximum absolute atomic E-state index is 13.4. The van der Waals surface area contributed by atoms with Crippen LogP contribution in [-0.2, 0) is 0 Å². The Balaban J connectivity index is 2.35. The lowest BCUT2D eigenvalue weighted by Gasteiger charge is -2.38. The molecule has 0 aliphatic carbocycles. The van der Waals surface area contributed by atoms with Gasteiger partial charge in [0.15, 0.2) is 6.29 Å². The van der Waals surface area contributed by atoms with Gasteiger partial charge in [-0.05, 0) is 12.1 Å². The molecular formula is C10H10FNO2. The number of carbonyl (C=O) groups excluding carboxylic acids is 1. The van der Waals surface area contributed by atoms with Crippen molar-refractivity contribution in [3.63, 3.8) is 0 Å². The Kier molecular flexibility index (Phi) is 2.21. The summed E-state index contributed by atoms with van der Waals surface area (Å²) in [5.41, 5.74) is 0.629. The van der Waals surface area contributed by atoms with E-state index < -0.39 is 11.9 Å². The molecule has 1 saturated heterocycles. The van der Waals surface area contributed by atoms with Crippen LogP contribution in [-0.4, -0.2) is 30.6 Å². The van der Waals surface area contributed by atoms with E-state index in [4.69, 9.17) is 5.11 Å². The Hall–Kier alpha value is -1.42. The molecule has 0 aromatic heterocycles. The van der Waals surface area contributed by atoms with E-state index in [2.05, 4.69) is 0 Å². The maximum Gasteiger partial charge on any atom is 0.152 e. The number of carbonyl (C=O) groups is 1. The Morgan fingerprint density at radius 2 is 2.21 bits per heavy atom. The van der Waals surface area contributed by atoms with Crippen molar-refractivity contribution in [2.24, 2.45) is 0 Å². The highest BCUT2D eigenvalue weighted by molar-refractivity contribution is 5.85. The predicted molar refractivity (Wildman–Crippen MR) is 50.0 cm³/mol. The SMILES string of the molecule is O=Cc1cccc(F)c1N1CC(O)C1. The third-order valence-corrected chi connectivity index (χ3v) is 2.32. The molecule has 4 heteroatoms. The van der Waals surface area contributed by atoms with Gasteiger partial charge >= 0.3 is 0 Å². The summed E-state index contributed by atoms with van der Waals surface area (Å²) in [6.45, 7) is 0.781. The van der Waals surface area contributed by atoms with E-state index in [9.17, 15) is 9.18 Å². The number of para-hydroxylation sites is 1. The van der Waals surface area contributed by atoms with Crippen molar-refractivity contribution in [2.75, 3.05) is 18.0 Å². The van der Waals surface area contributed by atoms with Crippen LogP contribution in [0.4, 0.5) is 10.1 Å². The third-order valence-electron chi connectivity index (χ3n) is 2.32. The summed E-state index contributed by atoms with van der Waals surface area (Å²) in [4.78, 5) is 12.3. The van der Waals surface area contributed by atoms with E-state index in [0.717, 1.165) is 0 Å². The quantitative estimate of drug-likeness (QED) is 0.710. The van der Waals surface area contributed by atoms with Crippen molar-refractivity contribution in [1.29, 1.82) is 0 Å². The normalized spacial score (nSPS) is 16.6. The van der Waals surface area contributed by atoms with Gasteiger partial charge in [-0.2, -0.15) is 0 Å². The van der Waals surface area contributed by atoms with Crippen LogP contribution in [0, 0.1) is 5.82 Å². The number of hydrogen-bond donors (Lipinski definition) is 1. The first-order valence-electron chi connectivity index (χ1n) is 4.39. The molecule has 74 valence electrons. The predicted octanol–water partition coefficient (Wildman–Crippen LogP) is 0.819. The molecule has 0 spiro atoms. The average Bonchev–Trinajstić information content (AvgIpc) is 2.13. The number of nitrogens with zero attached hydrogens (tertiary/aromatic N) is 1. The molecule has 0 amide bonds. The van der Waals surface area contributed by atoms with Crippen LogP contribution in [0.15, 0.2) is 18.2 Å². The molecule has 2 rings (SSSR count). The molecule has 1 aliphatic rings. The summed E-state index contributed by atoms with van der Waals surface area (Å²) in [6, 6.07) is 4.38. The topological polar surface area (TPSA) is 40.5 Å². The molecule has 0 radical (unpaired) electrons. The first kappa shape index (κ1) is 9.15. The van der Waals surface area contributed by atoms with Gasteiger partial charge in [-0.1, -0.05) is 6.07 Å². The van der Waals surface area contributed by atoms with Crippen molar-refractivity contribution in [2.45, 2.75) is 6.10 Å². The molecule has 14 heavy (non-hydrogen) atoms. The number of aliphatic hydroxyl groups excluding tert-OH is 1. The van der Waals surface area contributed by atoms with Gasteiger partial charge in [0.25, 0.3) is 0 Å². The van der Waals surface area contributed by atoms with E-state index in [-0.39, 0.29) is 0 Å². The van der Waals surface area contributed by atoms with Crippen LogP contribution >= 0.6 is 0 Å². The summed E-state index contributed by atoms with van der Waals surface area (Å²) in [5.74, 6) is -0.415. The molecule has 0 saturated carbocycles. The highest BCUT2D eigenvalue weighted by Crippen LogP contribution is 2.27. The summed E-state index contributed by atoms with van der Waals surface area (Å²) in [5, 5.41) is 9.08. The van der Waals surface area contributed by atoms with E-state index in [1.54, 1.807) is 11.0 Å². The number of halogens is 1. The minimum absolute atomic E-state index is 0.299. The van der Waals surface area contributed by atoms with Crippen molar-refractivity contribution >= 4 is 12.0 Å². The van der Waals surface area contributed by atoms with Crippen molar-refractivity contribution in [3.8, 4) is 0 Å². The van der Waals surface area contributed by atoms with Gasteiger partial charge in [0.2, 0.25) is 0 Å². The molecule has 0 unspecified atom stereocenters. The second kappa shape index (κ2) is 3.38. The lowest BCUT2D eigenvalue weighted by atomic mass is 10.1. The van der Waals surface area contributed by atoms with Gasteiger partial charge in [0, 0.05) is 18.7 Å². The van der Waals surface area contributed by atoms with Crippen molar-refractivity contribution < 1.29 is 14.3 Å². The van der Waals surface area contributed by atoms with Gasteiger partial charge < -0.3 is 10.0 Å². The Morgan fingerprint density at radius 1 is 1.50 bits per heavy atom. The summed E-state index contributed by atoms with van der Waals surface area (Å²) in [6.07, 6.45) is 0.220. The van der Waals surface area contributed by atoms with Crippen LogP contribution in [0.5, 0.6) is 0 Å². The summed E-state index contributed by atoms with van der Waals surface area (Å²) in [7, 11) is 0. The molecule has 0 atom stereocenters. The fourth-order valence-electron chi connectivity index (χ4n) is 1.60. The number of hydrogen-bond acceptors (Lipinski definition) is 3. The zero-order valence-electron chi connectivity index (χ0n) is 7.48. The largest absolute Gasteiger partial charge is 0.389 e. The van der Waals surface area contributed by atoms with Crippen LogP contribution in [0.3, 0.4) is 0 Å². The number of β-amino-alcohol motifs (C(OH)–C–C–N with tert-alkyl or cyclic N) is 1. The van der Waals surface area contributed by atoms with Gasteiger partial charge in [-0.15, -0.1) is 0 Å². The monoisotopic (exact) mass is 195 g/mol. The first-order chi connectivity index (χ1) is 6.72. The summed E-state index contributed by atoms with van der Waals surface area (Å²) < 4.78 is 13.4. The fraction of sp³-hybridized carbons (Fsp3) is 0.300. The second-order valence-electron chi connectivity index (χ2n) is 3.35. The second-order valence-corrected chi connectivity index (χ2v) is 3.35. The molecule has 1 N–H and O–H groups in total. The smallest absolute Gasteiger partial charge is 0.152 e. The third kappa shape index (κ3) is 1.37. The van der Waals surface area contributed by atoms with Gasteiger partial charge in [-0.25, -0.2) is 4.39 Å². The van der Waals surface area contributed by atoms with Gasteiger partial charge in [0.1, 0.15) is 5.82 Å². The Morgan fingerprint density at radius 3 is 2.79 bits per heavy atom. The molecule has 1 aromatic carbocycles. The number of benzene rings is 1. The van der Waals surface area contributed by atoms with E-state index >= 15 is 0 Å². The minimum atomic E-state index is -0.415. The minimum Gasteiger partial charge on any atom is -0.389 e. The molecule has 0 bridgehead atoms.